The van der Waals surface area contributed by atoms with Crippen LogP contribution >= 0.6 is 0 Å². The zero-order valence-electron chi connectivity index (χ0n) is 15.5. The predicted molar refractivity (Wildman–Crippen MR) is 105 cm³/mol. The number of aliphatic imine (C=N–C) groups is 1. The molecule has 2 amide bonds. The van der Waals surface area contributed by atoms with Crippen molar-refractivity contribution in [3.8, 4) is 5.75 Å². The number of urea groups is 1. The van der Waals surface area contributed by atoms with Crippen molar-refractivity contribution >= 4 is 17.6 Å². The molecule has 0 saturated heterocycles. The second-order valence-electron chi connectivity index (χ2n) is 7.09. The Balaban J connectivity index is 1.37. The molecule has 1 atom stereocenters. The predicted octanol–water partition coefficient (Wildman–Crippen LogP) is 2.64. The van der Waals surface area contributed by atoms with Crippen LogP contribution in [-0.4, -0.2) is 48.4 Å². The SMILES string of the molecule is COc1cccc(C2=NN3CC(NC(=O)NC4CCCCC4)N=C3C=C2)c1. The van der Waals surface area contributed by atoms with Crippen LogP contribution in [0.15, 0.2) is 46.5 Å². The highest BCUT2D eigenvalue weighted by Crippen LogP contribution is 2.20. The maximum Gasteiger partial charge on any atom is 0.316 e. The summed E-state index contributed by atoms with van der Waals surface area (Å²) in [6, 6.07) is 7.94. The summed E-state index contributed by atoms with van der Waals surface area (Å²) < 4.78 is 5.28. The Morgan fingerprint density at radius 2 is 2.04 bits per heavy atom. The van der Waals surface area contributed by atoms with Crippen LogP contribution in [0.1, 0.15) is 37.7 Å². The van der Waals surface area contributed by atoms with Gasteiger partial charge in [-0.3, -0.25) is 0 Å². The maximum absolute atomic E-state index is 12.3. The summed E-state index contributed by atoms with van der Waals surface area (Å²) in [6.45, 7) is 0.533. The molecule has 2 aliphatic heterocycles. The lowest BCUT2D eigenvalue weighted by Crippen LogP contribution is -2.47. The fourth-order valence-corrected chi connectivity index (χ4v) is 3.70. The lowest BCUT2D eigenvalue weighted by Gasteiger charge is -2.23. The number of benzene rings is 1. The van der Waals surface area contributed by atoms with Gasteiger partial charge in [0.05, 0.1) is 19.4 Å². The molecule has 1 aromatic carbocycles. The van der Waals surface area contributed by atoms with Gasteiger partial charge in [-0.05, 0) is 37.1 Å². The van der Waals surface area contributed by atoms with Gasteiger partial charge in [-0.15, -0.1) is 0 Å². The van der Waals surface area contributed by atoms with Crippen LogP contribution in [0.25, 0.3) is 0 Å². The minimum atomic E-state index is -0.290. The fraction of sp³-hybridized carbons (Fsp3) is 0.450. The number of nitrogens with zero attached hydrogens (tertiary/aromatic N) is 3. The highest BCUT2D eigenvalue weighted by atomic mass is 16.5. The largest absolute Gasteiger partial charge is 0.497 e. The van der Waals surface area contributed by atoms with E-state index >= 15 is 0 Å². The van der Waals surface area contributed by atoms with E-state index in [2.05, 4.69) is 20.7 Å². The van der Waals surface area contributed by atoms with E-state index in [4.69, 9.17) is 4.74 Å². The number of allylic oxidation sites excluding steroid dienone is 1. The average molecular weight is 367 g/mol. The minimum Gasteiger partial charge on any atom is -0.497 e. The van der Waals surface area contributed by atoms with E-state index < -0.39 is 0 Å². The van der Waals surface area contributed by atoms with E-state index in [9.17, 15) is 4.79 Å². The molecule has 2 N–H and O–H groups in total. The summed E-state index contributed by atoms with van der Waals surface area (Å²) in [5.41, 5.74) is 1.83. The van der Waals surface area contributed by atoms with Gasteiger partial charge >= 0.3 is 6.03 Å². The number of methoxy groups -OCH3 is 1. The van der Waals surface area contributed by atoms with Crippen LogP contribution in [-0.2, 0) is 0 Å². The van der Waals surface area contributed by atoms with Crippen molar-refractivity contribution in [3.63, 3.8) is 0 Å². The van der Waals surface area contributed by atoms with Crippen molar-refractivity contribution in [2.45, 2.75) is 44.3 Å². The molecule has 142 valence electrons. The number of carbonyl (C=O) groups is 1. The normalized spacial score (nSPS) is 22.0. The maximum atomic E-state index is 12.3. The second-order valence-corrected chi connectivity index (χ2v) is 7.09. The molecule has 7 nitrogen and oxygen atoms in total. The molecule has 1 aromatic rings. The Morgan fingerprint density at radius 3 is 2.85 bits per heavy atom. The van der Waals surface area contributed by atoms with Gasteiger partial charge in [0.2, 0.25) is 0 Å². The van der Waals surface area contributed by atoms with Gasteiger partial charge in [-0.25, -0.2) is 14.8 Å². The summed E-state index contributed by atoms with van der Waals surface area (Å²) in [5.74, 6) is 1.56. The first-order chi connectivity index (χ1) is 13.2. The summed E-state index contributed by atoms with van der Waals surface area (Å²) in [6.07, 6.45) is 9.36. The van der Waals surface area contributed by atoms with Crippen molar-refractivity contribution in [2.24, 2.45) is 10.1 Å². The highest BCUT2D eigenvalue weighted by molar-refractivity contribution is 6.14. The van der Waals surface area contributed by atoms with E-state index in [0.717, 1.165) is 35.7 Å². The quantitative estimate of drug-likeness (QED) is 0.859. The third-order valence-corrected chi connectivity index (χ3v) is 5.12. The highest BCUT2D eigenvalue weighted by Gasteiger charge is 2.28. The first-order valence-electron chi connectivity index (χ1n) is 9.55. The van der Waals surface area contributed by atoms with Crippen LogP contribution in [0.2, 0.25) is 0 Å². The number of hydrogen-bond acceptors (Lipinski definition) is 5. The minimum absolute atomic E-state index is 0.142. The van der Waals surface area contributed by atoms with E-state index in [1.165, 1.54) is 19.3 Å². The summed E-state index contributed by atoms with van der Waals surface area (Å²) in [7, 11) is 1.65. The molecule has 0 radical (unpaired) electrons. The monoisotopic (exact) mass is 367 g/mol. The number of fused-ring (bicyclic) bond motifs is 1. The number of amidine groups is 1. The number of ether oxygens (including phenoxy) is 1. The fourth-order valence-electron chi connectivity index (χ4n) is 3.70. The standard InChI is InChI=1S/C20H25N5O2/c1-27-16-9-5-6-14(12-16)17-10-11-19-22-18(13-25(19)24-17)23-20(26)21-15-7-3-2-4-8-15/h5-6,9-12,15,18H,2-4,7-8,13H2,1H3,(H2,21,23,26). The van der Waals surface area contributed by atoms with Gasteiger partial charge in [0.1, 0.15) is 17.8 Å². The van der Waals surface area contributed by atoms with Crippen molar-refractivity contribution < 1.29 is 9.53 Å². The molecule has 1 saturated carbocycles. The Kier molecular flexibility index (Phi) is 5.09. The van der Waals surface area contributed by atoms with Gasteiger partial charge in [-0.1, -0.05) is 31.4 Å². The smallest absolute Gasteiger partial charge is 0.316 e. The van der Waals surface area contributed by atoms with Crippen LogP contribution in [0, 0.1) is 0 Å². The van der Waals surface area contributed by atoms with Crippen molar-refractivity contribution in [3.05, 3.63) is 42.0 Å². The molecule has 0 bridgehead atoms. The van der Waals surface area contributed by atoms with Gasteiger partial charge in [0.25, 0.3) is 0 Å². The molecule has 27 heavy (non-hydrogen) atoms. The summed E-state index contributed by atoms with van der Waals surface area (Å²) in [5, 5.41) is 12.5. The topological polar surface area (TPSA) is 78.3 Å². The van der Waals surface area contributed by atoms with Crippen molar-refractivity contribution in [1.82, 2.24) is 15.6 Å². The van der Waals surface area contributed by atoms with Crippen molar-refractivity contribution in [1.29, 1.82) is 0 Å². The number of nitrogens with one attached hydrogen (secondary N) is 2. The number of amides is 2. The third kappa shape index (κ3) is 4.13. The first kappa shape index (κ1) is 17.6. The molecule has 3 aliphatic rings. The van der Waals surface area contributed by atoms with Crippen LogP contribution < -0.4 is 15.4 Å². The molecular formula is C20H25N5O2. The zero-order valence-corrected chi connectivity index (χ0v) is 15.5. The molecule has 1 fully saturated rings. The molecule has 1 unspecified atom stereocenters. The van der Waals surface area contributed by atoms with Gasteiger partial charge in [0, 0.05) is 11.6 Å². The van der Waals surface area contributed by atoms with Crippen LogP contribution in [0.5, 0.6) is 5.75 Å². The van der Waals surface area contributed by atoms with Gasteiger partial charge in [-0.2, -0.15) is 5.10 Å². The van der Waals surface area contributed by atoms with Crippen LogP contribution in [0.4, 0.5) is 4.79 Å². The Morgan fingerprint density at radius 1 is 1.19 bits per heavy atom. The molecule has 1 aliphatic carbocycles. The number of hydrogen-bond donors (Lipinski definition) is 2. The molecule has 7 heteroatoms. The van der Waals surface area contributed by atoms with Crippen LogP contribution in [0.3, 0.4) is 0 Å². The zero-order chi connectivity index (χ0) is 18.6. The Hall–Kier alpha value is -2.83. The van der Waals surface area contributed by atoms with E-state index in [1.807, 2.05) is 41.4 Å². The summed E-state index contributed by atoms with van der Waals surface area (Å²) >= 11 is 0. The lowest BCUT2D eigenvalue weighted by atomic mass is 9.96. The van der Waals surface area contributed by atoms with Gasteiger partial charge < -0.3 is 15.4 Å². The molecular weight excluding hydrogens is 342 g/mol. The second kappa shape index (κ2) is 7.82. The Bertz CT molecular complexity index is 795. The molecule has 0 spiro atoms. The lowest BCUT2D eigenvalue weighted by molar-refractivity contribution is 0.228. The Labute approximate surface area is 159 Å². The molecule has 2 heterocycles. The van der Waals surface area contributed by atoms with Gasteiger partial charge in [0.15, 0.2) is 0 Å². The number of carbonyl (C=O) groups excluding carboxylic acids is 1. The summed E-state index contributed by atoms with van der Waals surface area (Å²) in [4.78, 5) is 16.8. The van der Waals surface area contributed by atoms with Crippen molar-refractivity contribution in [2.75, 3.05) is 13.7 Å². The third-order valence-electron chi connectivity index (χ3n) is 5.12. The van der Waals surface area contributed by atoms with E-state index in [0.29, 0.717) is 6.54 Å². The molecule has 0 aromatic heterocycles. The van der Waals surface area contributed by atoms with E-state index in [-0.39, 0.29) is 18.2 Å². The average Bonchev–Trinajstić information content (AvgIpc) is 3.10. The van der Waals surface area contributed by atoms with E-state index in [1.54, 1.807) is 7.11 Å². The number of rotatable bonds is 4. The first-order valence-corrected chi connectivity index (χ1v) is 9.55. The number of hydrazone groups is 1. The molecule has 4 rings (SSSR count).